The lowest BCUT2D eigenvalue weighted by atomic mass is 10.2. The van der Waals surface area contributed by atoms with Gasteiger partial charge in [-0.05, 0) is 6.42 Å². The summed E-state index contributed by atoms with van der Waals surface area (Å²) < 4.78 is 15.5. The Morgan fingerprint density at radius 1 is 1.00 bits per heavy atom. The predicted molar refractivity (Wildman–Crippen MR) is 70.1 cm³/mol. The summed E-state index contributed by atoms with van der Waals surface area (Å²) in [6.07, 6.45) is 1.25. The third-order valence-corrected chi connectivity index (χ3v) is 2.55. The molecule has 0 amide bonds. The fourth-order valence-corrected chi connectivity index (χ4v) is 1.55. The lowest BCUT2D eigenvalue weighted by Crippen LogP contribution is -2.36. The maximum atomic E-state index is 5.46. The Labute approximate surface area is 111 Å². The van der Waals surface area contributed by atoms with Gasteiger partial charge in [0.2, 0.25) is 17.8 Å². The van der Waals surface area contributed by atoms with Gasteiger partial charge in [-0.25, -0.2) is 0 Å². The summed E-state index contributed by atoms with van der Waals surface area (Å²) >= 11 is 0. The zero-order valence-electron chi connectivity index (χ0n) is 11.3. The second-order valence-corrected chi connectivity index (χ2v) is 3.70. The molecule has 9 heteroatoms. The molecule has 0 spiro atoms. The van der Waals surface area contributed by atoms with Crippen LogP contribution in [0.1, 0.15) is 12.8 Å². The lowest BCUT2D eigenvalue weighted by molar-refractivity contribution is -0.355. The van der Waals surface area contributed by atoms with Crippen molar-refractivity contribution in [3.63, 3.8) is 0 Å². The number of aromatic nitrogens is 3. The molecular formula is C10H20N6O3. The van der Waals surface area contributed by atoms with Gasteiger partial charge in [-0.15, -0.1) is 0 Å². The van der Waals surface area contributed by atoms with E-state index in [-0.39, 0.29) is 11.9 Å². The van der Waals surface area contributed by atoms with Crippen molar-refractivity contribution in [2.45, 2.75) is 18.8 Å². The summed E-state index contributed by atoms with van der Waals surface area (Å²) in [5, 5.41) is 2.98. The molecule has 0 unspecified atom stereocenters. The number of anilines is 3. The molecule has 0 saturated heterocycles. The van der Waals surface area contributed by atoms with Crippen LogP contribution in [0, 0.1) is 0 Å². The molecule has 0 saturated carbocycles. The molecule has 19 heavy (non-hydrogen) atoms. The summed E-state index contributed by atoms with van der Waals surface area (Å²) in [4.78, 5) is 11.5. The minimum absolute atomic E-state index is 0.0787. The van der Waals surface area contributed by atoms with Crippen molar-refractivity contribution in [3.8, 4) is 0 Å². The van der Waals surface area contributed by atoms with Crippen molar-refractivity contribution in [2.75, 3.05) is 44.7 Å². The maximum absolute atomic E-state index is 5.46. The Balaban J connectivity index is 2.42. The monoisotopic (exact) mass is 272 g/mol. The molecule has 0 aliphatic heterocycles. The van der Waals surface area contributed by atoms with E-state index >= 15 is 0 Å². The molecule has 0 aliphatic rings. The Morgan fingerprint density at radius 3 is 2.00 bits per heavy atom. The van der Waals surface area contributed by atoms with E-state index in [0.29, 0.717) is 25.3 Å². The molecule has 1 rings (SSSR count). The van der Waals surface area contributed by atoms with Crippen molar-refractivity contribution >= 4 is 17.8 Å². The first-order chi connectivity index (χ1) is 9.05. The number of hydrogen-bond acceptors (Lipinski definition) is 9. The number of rotatable bonds is 8. The van der Waals surface area contributed by atoms with Gasteiger partial charge in [0, 0.05) is 34.3 Å². The van der Waals surface area contributed by atoms with Gasteiger partial charge in [-0.2, -0.15) is 15.0 Å². The van der Waals surface area contributed by atoms with Crippen molar-refractivity contribution in [2.24, 2.45) is 0 Å². The van der Waals surface area contributed by atoms with Crippen molar-refractivity contribution < 1.29 is 14.2 Å². The van der Waals surface area contributed by atoms with Gasteiger partial charge in [0.1, 0.15) is 0 Å². The van der Waals surface area contributed by atoms with Crippen LogP contribution in [0.2, 0.25) is 0 Å². The van der Waals surface area contributed by atoms with Crippen LogP contribution in [0.25, 0.3) is 0 Å². The maximum Gasteiger partial charge on any atom is 0.282 e. The molecule has 0 bridgehead atoms. The molecule has 1 heterocycles. The van der Waals surface area contributed by atoms with E-state index in [1.54, 1.807) is 0 Å². The second kappa shape index (κ2) is 7.02. The molecule has 0 atom stereocenters. The molecule has 1 aromatic rings. The molecule has 5 N–H and O–H groups in total. The highest BCUT2D eigenvalue weighted by Gasteiger charge is 2.28. The molecule has 9 nitrogen and oxygen atoms in total. The highest BCUT2D eigenvalue weighted by atomic mass is 16.9. The van der Waals surface area contributed by atoms with Crippen LogP contribution in [0.4, 0.5) is 17.8 Å². The van der Waals surface area contributed by atoms with Crippen LogP contribution in [-0.4, -0.2) is 48.8 Å². The summed E-state index contributed by atoms with van der Waals surface area (Å²) in [5.74, 6) is -0.536. The molecule has 0 fully saturated rings. The average Bonchev–Trinajstić information content (AvgIpc) is 2.39. The van der Waals surface area contributed by atoms with Gasteiger partial charge in [0.25, 0.3) is 5.97 Å². The lowest BCUT2D eigenvalue weighted by Gasteiger charge is -2.28. The van der Waals surface area contributed by atoms with Crippen LogP contribution in [0.3, 0.4) is 0 Å². The summed E-state index contributed by atoms with van der Waals surface area (Å²) in [6.45, 7) is 0.584. The zero-order valence-corrected chi connectivity index (χ0v) is 11.3. The minimum atomic E-state index is -1.03. The second-order valence-electron chi connectivity index (χ2n) is 3.70. The smallest absolute Gasteiger partial charge is 0.282 e. The Morgan fingerprint density at radius 2 is 1.53 bits per heavy atom. The number of nitrogen functional groups attached to an aromatic ring is 2. The SMILES string of the molecule is COC(CCCNc1nc(N)nc(N)n1)(OC)OC. The topological polar surface area (TPSA) is 130 Å². The molecular weight excluding hydrogens is 252 g/mol. The molecule has 108 valence electrons. The fourth-order valence-electron chi connectivity index (χ4n) is 1.55. The van der Waals surface area contributed by atoms with E-state index in [1.165, 1.54) is 21.3 Å². The Bertz CT molecular complexity index is 370. The Hall–Kier alpha value is -1.71. The zero-order chi connectivity index (χ0) is 14.3. The van der Waals surface area contributed by atoms with Crippen molar-refractivity contribution in [3.05, 3.63) is 0 Å². The number of ether oxygens (including phenoxy) is 3. The highest BCUT2D eigenvalue weighted by Crippen LogP contribution is 2.19. The van der Waals surface area contributed by atoms with Gasteiger partial charge >= 0.3 is 0 Å². The first kappa shape index (κ1) is 15.3. The number of methoxy groups -OCH3 is 3. The third kappa shape index (κ3) is 4.47. The number of nitrogens with zero attached hydrogens (tertiary/aromatic N) is 3. The first-order valence-electron chi connectivity index (χ1n) is 5.71. The Kier molecular flexibility index (Phi) is 5.67. The van der Waals surface area contributed by atoms with Crippen molar-refractivity contribution in [1.82, 2.24) is 15.0 Å². The van der Waals surface area contributed by atoms with Crippen molar-refractivity contribution in [1.29, 1.82) is 0 Å². The normalized spacial score (nSPS) is 11.5. The van der Waals surface area contributed by atoms with Gasteiger partial charge in [-0.1, -0.05) is 0 Å². The van der Waals surface area contributed by atoms with Crippen LogP contribution in [0.5, 0.6) is 0 Å². The third-order valence-electron chi connectivity index (χ3n) is 2.55. The summed E-state index contributed by atoms with van der Waals surface area (Å²) in [5.41, 5.74) is 10.9. The number of nitrogens with two attached hydrogens (primary N) is 2. The average molecular weight is 272 g/mol. The fraction of sp³-hybridized carbons (Fsp3) is 0.700. The summed E-state index contributed by atoms with van der Waals surface area (Å²) in [7, 11) is 4.56. The molecule has 0 aliphatic carbocycles. The molecule has 0 radical (unpaired) electrons. The van der Waals surface area contributed by atoms with E-state index in [4.69, 9.17) is 25.7 Å². The summed E-state index contributed by atoms with van der Waals surface area (Å²) in [6, 6.07) is 0. The van der Waals surface area contributed by atoms with Crippen LogP contribution in [0.15, 0.2) is 0 Å². The van der Waals surface area contributed by atoms with Crippen LogP contribution in [-0.2, 0) is 14.2 Å². The molecule has 0 aromatic carbocycles. The standard InChI is InChI=1S/C10H20N6O3/c1-17-10(18-2,19-3)5-4-6-13-9-15-7(11)14-8(12)16-9/h4-6H2,1-3H3,(H5,11,12,13,14,15,16). The van der Waals surface area contributed by atoms with E-state index in [0.717, 1.165) is 0 Å². The van der Waals surface area contributed by atoms with E-state index < -0.39 is 5.97 Å². The predicted octanol–water partition coefficient (Wildman–Crippen LogP) is -0.179. The highest BCUT2D eigenvalue weighted by molar-refractivity contribution is 5.36. The number of hydrogen-bond donors (Lipinski definition) is 3. The van der Waals surface area contributed by atoms with Gasteiger partial charge in [0.05, 0.1) is 0 Å². The number of nitrogens with one attached hydrogen (secondary N) is 1. The van der Waals surface area contributed by atoms with E-state index in [2.05, 4.69) is 20.3 Å². The van der Waals surface area contributed by atoms with Crippen LogP contribution < -0.4 is 16.8 Å². The van der Waals surface area contributed by atoms with Gasteiger partial charge in [0.15, 0.2) is 0 Å². The first-order valence-corrected chi connectivity index (χ1v) is 5.71. The van der Waals surface area contributed by atoms with Gasteiger partial charge in [-0.3, -0.25) is 0 Å². The quantitative estimate of drug-likeness (QED) is 0.435. The van der Waals surface area contributed by atoms with E-state index in [9.17, 15) is 0 Å². The molecule has 1 aromatic heterocycles. The van der Waals surface area contributed by atoms with Crippen LogP contribution >= 0.6 is 0 Å². The van der Waals surface area contributed by atoms with Gasteiger partial charge < -0.3 is 31.0 Å². The van der Waals surface area contributed by atoms with E-state index in [1.807, 2.05) is 0 Å². The largest absolute Gasteiger partial charge is 0.368 e. The minimum Gasteiger partial charge on any atom is -0.368 e.